The van der Waals surface area contributed by atoms with E-state index >= 15 is 0 Å². The van der Waals surface area contributed by atoms with Gasteiger partial charge in [-0.25, -0.2) is 0 Å². The zero-order chi connectivity index (χ0) is 17.5. The lowest BCUT2D eigenvalue weighted by Gasteiger charge is -2.12. The van der Waals surface area contributed by atoms with Crippen LogP contribution in [0.25, 0.3) is 11.1 Å². The summed E-state index contributed by atoms with van der Waals surface area (Å²) in [5.41, 5.74) is 5.61. The van der Waals surface area contributed by atoms with Gasteiger partial charge >= 0.3 is 5.97 Å². The molecular weight excluding hydrogens is 310 g/mol. The molecule has 0 atom stereocenters. The summed E-state index contributed by atoms with van der Waals surface area (Å²) in [6.45, 7) is 0.725. The van der Waals surface area contributed by atoms with Gasteiger partial charge in [0.15, 0.2) is 0 Å². The second-order valence-corrected chi connectivity index (χ2v) is 5.83. The lowest BCUT2D eigenvalue weighted by atomic mass is 10.0. The number of ether oxygens (including phenoxy) is 1. The van der Waals surface area contributed by atoms with Gasteiger partial charge in [-0.3, -0.25) is 4.79 Å². The molecule has 3 aromatic carbocycles. The Balaban J connectivity index is 1.69. The van der Waals surface area contributed by atoms with Gasteiger partial charge in [0.1, 0.15) is 0 Å². The second-order valence-electron chi connectivity index (χ2n) is 5.83. The largest absolute Gasteiger partial charge is 0.469 e. The number of para-hydroxylation sites is 1. The molecule has 0 aliphatic heterocycles. The molecule has 0 heterocycles. The number of carbonyl (C=O) groups is 1. The molecule has 3 nitrogen and oxygen atoms in total. The third-order valence-corrected chi connectivity index (χ3v) is 4.09. The summed E-state index contributed by atoms with van der Waals surface area (Å²) in [4.78, 5) is 11.3. The molecule has 3 heteroatoms. The molecule has 0 spiro atoms. The number of hydrogen-bond donors (Lipinski definition) is 1. The number of benzene rings is 3. The molecule has 126 valence electrons. The van der Waals surface area contributed by atoms with Crippen molar-refractivity contribution in [1.82, 2.24) is 0 Å². The number of esters is 1. The number of nitrogens with one attached hydrogen (secondary N) is 1. The van der Waals surface area contributed by atoms with Gasteiger partial charge in [-0.05, 0) is 22.8 Å². The maximum atomic E-state index is 11.3. The van der Waals surface area contributed by atoms with Crippen LogP contribution in [0.15, 0.2) is 78.9 Å². The minimum atomic E-state index is -0.220. The first-order chi connectivity index (χ1) is 12.3. The predicted octanol–water partition coefficient (Wildman–Crippen LogP) is 4.68. The third-order valence-electron chi connectivity index (χ3n) is 4.09. The Kier molecular flexibility index (Phi) is 5.47. The normalized spacial score (nSPS) is 10.3. The molecule has 0 bridgehead atoms. The Hall–Kier alpha value is -3.07. The van der Waals surface area contributed by atoms with Crippen LogP contribution in [0.4, 0.5) is 5.69 Å². The van der Waals surface area contributed by atoms with E-state index in [-0.39, 0.29) is 5.97 Å². The van der Waals surface area contributed by atoms with Crippen LogP contribution in [-0.4, -0.2) is 13.1 Å². The topological polar surface area (TPSA) is 38.3 Å². The summed E-state index contributed by atoms with van der Waals surface area (Å²) in [6, 6.07) is 26.7. The molecule has 25 heavy (non-hydrogen) atoms. The van der Waals surface area contributed by atoms with Crippen LogP contribution in [0, 0.1) is 0 Å². The molecule has 0 amide bonds. The molecule has 0 aromatic heterocycles. The molecule has 0 unspecified atom stereocenters. The van der Waals surface area contributed by atoms with Crippen molar-refractivity contribution in [2.24, 2.45) is 0 Å². The Morgan fingerprint density at radius 2 is 1.48 bits per heavy atom. The first kappa shape index (κ1) is 16.8. The highest BCUT2D eigenvalue weighted by molar-refractivity contribution is 5.77. The van der Waals surface area contributed by atoms with Crippen LogP contribution < -0.4 is 5.32 Å². The van der Waals surface area contributed by atoms with Crippen LogP contribution in [0.1, 0.15) is 11.1 Å². The molecule has 0 saturated carbocycles. The minimum absolute atomic E-state index is 0.220. The van der Waals surface area contributed by atoms with E-state index in [9.17, 15) is 4.79 Å². The molecule has 0 aliphatic rings. The number of rotatable bonds is 6. The zero-order valence-corrected chi connectivity index (χ0v) is 14.2. The van der Waals surface area contributed by atoms with Crippen LogP contribution in [0.5, 0.6) is 0 Å². The van der Waals surface area contributed by atoms with Crippen molar-refractivity contribution < 1.29 is 9.53 Å². The maximum absolute atomic E-state index is 11.3. The number of anilines is 1. The molecule has 3 aromatic rings. The van der Waals surface area contributed by atoms with Gasteiger partial charge in [0.2, 0.25) is 0 Å². The van der Waals surface area contributed by atoms with E-state index in [4.69, 9.17) is 4.74 Å². The Morgan fingerprint density at radius 1 is 0.840 bits per heavy atom. The van der Waals surface area contributed by atoms with Crippen molar-refractivity contribution in [2.45, 2.75) is 13.0 Å². The minimum Gasteiger partial charge on any atom is -0.469 e. The van der Waals surface area contributed by atoms with Gasteiger partial charge in [0.05, 0.1) is 13.5 Å². The van der Waals surface area contributed by atoms with Crippen LogP contribution in [-0.2, 0) is 22.5 Å². The number of methoxy groups -OCH3 is 1. The van der Waals surface area contributed by atoms with Crippen molar-refractivity contribution in [3.63, 3.8) is 0 Å². The number of hydrogen-bond acceptors (Lipinski definition) is 3. The second kappa shape index (κ2) is 8.15. The van der Waals surface area contributed by atoms with Crippen molar-refractivity contribution in [3.05, 3.63) is 90.0 Å². The van der Waals surface area contributed by atoms with E-state index in [1.165, 1.54) is 18.2 Å². The van der Waals surface area contributed by atoms with Gasteiger partial charge in [-0.1, -0.05) is 72.8 Å². The summed E-state index contributed by atoms with van der Waals surface area (Å²) in [6.07, 6.45) is 0.307. The van der Waals surface area contributed by atoms with Crippen molar-refractivity contribution in [2.75, 3.05) is 12.4 Å². The van der Waals surface area contributed by atoms with Crippen LogP contribution in [0.3, 0.4) is 0 Å². The highest BCUT2D eigenvalue weighted by Crippen LogP contribution is 2.27. The first-order valence-electron chi connectivity index (χ1n) is 8.29. The van der Waals surface area contributed by atoms with E-state index in [2.05, 4.69) is 35.6 Å². The average molecular weight is 331 g/mol. The Bertz CT molecular complexity index is 826. The smallest absolute Gasteiger partial charge is 0.309 e. The Labute approximate surface area is 148 Å². The SMILES string of the molecule is COC(=O)Cc1ccc(CNc2ccccc2-c2ccccc2)cc1. The molecule has 1 N–H and O–H groups in total. The molecule has 0 aliphatic carbocycles. The summed E-state index contributed by atoms with van der Waals surface area (Å²) in [5.74, 6) is -0.220. The standard InChI is InChI=1S/C22H21NO2/c1-25-22(24)15-17-11-13-18(14-12-17)16-23-21-10-6-5-9-20(21)19-7-3-2-4-8-19/h2-14,23H,15-16H2,1H3. The summed E-state index contributed by atoms with van der Waals surface area (Å²) in [5, 5.41) is 3.51. The van der Waals surface area contributed by atoms with E-state index in [0.29, 0.717) is 6.42 Å². The van der Waals surface area contributed by atoms with Crippen molar-refractivity contribution >= 4 is 11.7 Å². The highest BCUT2D eigenvalue weighted by Gasteiger charge is 2.05. The molecular formula is C22H21NO2. The van der Waals surface area contributed by atoms with E-state index < -0.39 is 0 Å². The lowest BCUT2D eigenvalue weighted by Crippen LogP contribution is -2.05. The molecule has 0 radical (unpaired) electrons. The lowest BCUT2D eigenvalue weighted by molar-refractivity contribution is -0.139. The first-order valence-corrected chi connectivity index (χ1v) is 8.29. The van der Waals surface area contributed by atoms with E-state index in [1.807, 2.05) is 48.5 Å². The summed E-state index contributed by atoms with van der Waals surface area (Å²) >= 11 is 0. The Morgan fingerprint density at radius 3 is 2.20 bits per heavy atom. The average Bonchev–Trinajstić information content (AvgIpc) is 2.68. The predicted molar refractivity (Wildman–Crippen MR) is 101 cm³/mol. The van der Waals surface area contributed by atoms with Gasteiger partial charge in [0, 0.05) is 17.8 Å². The molecule has 0 fully saturated rings. The fraction of sp³-hybridized carbons (Fsp3) is 0.136. The van der Waals surface area contributed by atoms with Crippen molar-refractivity contribution in [1.29, 1.82) is 0 Å². The number of carbonyl (C=O) groups excluding carboxylic acids is 1. The van der Waals surface area contributed by atoms with Gasteiger partial charge in [-0.15, -0.1) is 0 Å². The van der Waals surface area contributed by atoms with Crippen LogP contribution >= 0.6 is 0 Å². The van der Waals surface area contributed by atoms with Crippen LogP contribution in [0.2, 0.25) is 0 Å². The molecule has 3 rings (SSSR count). The summed E-state index contributed by atoms with van der Waals surface area (Å²) < 4.78 is 4.69. The third kappa shape index (κ3) is 4.48. The fourth-order valence-electron chi connectivity index (χ4n) is 2.72. The van der Waals surface area contributed by atoms with E-state index in [1.54, 1.807) is 0 Å². The monoisotopic (exact) mass is 331 g/mol. The summed E-state index contributed by atoms with van der Waals surface area (Å²) in [7, 11) is 1.41. The molecule has 0 saturated heterocycles. The van der Waals surface area contributed by atoms with Gasteiger partial charge in [-0.2, -0.15) is 0 Å². The quantitative estimate of drug-likeness (QED) is 0.666. The van der Waals surface area contributed by atoms with Crippen molar-refractivity contribution in [3.8, 4) is 11.1 Å². The zero-order valence-electron chi connectivity index (χ0n) is 14.2. The maximum Gasteiger partial charge on any atom is 0.309 e. The van der Waals surface area contributed by atoms with E-state index in [0.717, 1.165) is 23.4 Å². The van der Waals surface area contributed by atoms with Gasteiger partial charge in [0.25, 0.3) is 0 Å². The fourth-order valence-corrected chi connectivity index (χ4v) is 2.72. The highest BCUT2D eigenvalue weighted by atomic mass is 16.5. The van der Waals surface area contributed by atoms with Gasteiger partial charge < -0.3 is 10.1 Å².